The fourth-order valence-electron chi connectivity index (χ4n) is 6.76. The van der Waals surface area contributed by atoms with Crippen LogP contribution in [0.15, 0.2) is 85.5 Å². The van der Waals surface area contributed by atoms with Crippen LogP contribution in [0.4, 0.5) is 11.4 Å². The van der Waals surface area contributed by atoms with Gasteiger partial charge in [-0.25, -0.2) is 0 Å². The van der Waals surface area contributed by atoms with E-state index in [2.05, 4.69) is 22.1 Å². The number of nitrogens with one attached hydrogen (secondary N) is 2. The predicted molar refractivity (Wildman–Crippen MR) is 193 cm³/mol. The number of ether oxygens (including phenoxy) is 2. The van der Waals surface area contributed by atoms with Crippen LogP contribution in [-0.4, -0.2) is 47.1 Å². The number of aliphatic hydroxyl groups excluding tert-OH is 1. The summed E-state index contributed by atoms with van der Waals surface area (Å²) in [7, 11) is 0. The summed E-state index contributed by atoms with van der Waals surface area (Å²) in [5.74, 6) is -0.0786. The number of hydrogen-bond acceptors (Lipinski definition) is 7. The average Bonchev–Trinajstić information content (AvgIpc) is 3.67. The molecular formula is C40H52N4O5. The molecule has 2 amide bonds. The Morgan fingerprint density at radius 3 is 2.24 bits per heavy atom. The third kappa shape index (κ3) is 11.0. The molecule has 5 rings (SSSR count). The van der Waals surface area contributed by atoms with E-state index in [0.29, 0.717) is 43.2 Å². The van der Waals surface area contributed by atoms with E-state index in [0.717, 1.165) is 54.6 Å². The summed E-state index contributed by atoms with van der Waals surface area (Å²) in [6.07, 6.45) is 10.1. The summed E-state index contributed by atoms with van der Waals surface area (Å²) < 4.78 is 13.2. The molecule has 3 aromatic carbocycles. The highest BCUT2D eigenvalue weighted by molar-refractivity contribution is 5.93. The Balaban J connectivity index is 1.10. The second-order valence-corrected chi connectivity index (χ2v) is 13.2. The number of benzene rings is 3. The van der Waals surface area contributed by atoms with E-state index in [9.17, 15) is 14.7 Å². The smallest absolute Gasteiger partial charge is 0.224 e. The zero-order chi connectivity index (χ0) is 34.4. The third-order valence-corrected chi connectivity index (χ3v) is 9.54. The highest BCUT2D eigenvalue weighted by Crippen LogP contribution is 2.39. The summed E-state index contributed by atoms with van der Waals surface area (Å²) in [4.78, 5) is 27.2. The van der Waals surface area contributed by atoms with Crippen LogP contribution in [0.1, 0.15) is 98.9 Å². The van der Waals surface area contributed by atoms with Crippen LogP contribution in [0.3, 0.4) is 0 Å². The lowest BCUT2D eigenvalue weighted by Crippen LogP contribution is -2.43. The zero-order valence-corrected chi connectivity index (χ0v) is 28.5. The number of amides is 2. The Morgan fingerprint density at radius 2 is 1.55 bits per heavy atom. The van der Waals surface area contributed by atoms with E-state index in [1.54, 1.807) is 12.1 Å². The molecule has 2 aliphatic rings. The second kappa shape index (κ2) is 18.7. The van der Waals surface area contributed by atoms with Crippen LogP contribution in [0.2, 0.25) is 0 Å². The van der Waals surface area contributed by atoms with E-state index in [1.807, 2.05) is 66.7 Å². The van der Waals surface area contributed by atoms with Crippen LogP contribution in [0.25, 0.3) is 0 Å². The molecule has 3 aromatic rings. The maximum Gasteiger partial charge on any atom is 0.224 e. The predicted octanol–water partition coefficient (Wildman–Crippen LogP) is 6.94. The van der Waals surface area contributed by atoms with Gasteiger partial charge in [0.05, 0.1) is 30.2 Å². The van der Waals surface area contributed by atoms with Crippen molar-refractivity contribution in [3.63, 3.8) is 0 Å². The first-order chi connectivity index (χ1) is 23.9. The summed E-state index contributed by atoms with van der Waals surface area (Å²) in [6.45, 7) is 6.12. The van der Waals surface area contributed by atoms with Crippen molar-refractivity contribution in [2.24, 2.45) is 0 Å². The first-order valence-corrected chi connectivity index (χ1v) is 17.8. The maximum absolute atomic E-state index is 12.5. The molecule has 1 saturated heterocycles. The number of unbranched alkanes of at least 4 members (excludes halogenated alkanes) is 2. The number of hydrogen-bond donors (Lipinski definition) is 4. The summed E-state index contributed by atoms with van der Waals surface area (Å²) in [6, 6.07) is 23.8. The largest absolute Gasteiger partial charge is 0.397 e. The number of anilines is 2. The highest BCUT2D eigenvalue weighted by atomic mass is 16.7. The van der Waals surface area contributed by atoms with Gasteiger partial charge in [0.1, 0.15) is 0 Å². The van der Waals surface area contributed by atoms with Gasteiger partial charge in [0.15, 0.2) is 6.29 Å². The van der Waals surface area contributed by atoms with E-state index in [4.69, 9.17) is 15.2 Å². The number of carbonyl (C=O) groups is 2. The minimum absolute atomic E-state index is 0.00576. The number of nitrogens with zero attached hydrogens (tertiary/aromatic N) is 1. The molecular weight excluding hydrogens is 616 g/mol. The average molecular weight is 669 g/mol. The van der Waals surface area contributed by atoms with Crippen LogP contribution in [0.5, 0.6) is 0 Å². The third-order valence-electron chi connectivity index (χ3n) is 9.54. The Labute approximate surface area is 290 Å². The number of aliphatic hydroxyl groups is 1. The van der Waals surface area contributed by atoms with Gasteiger partial charge < -0.3 is 30.9 Å². The summed E-state index contributed by atoms with van der Waals surface area (Å²) in [5, 5.41) is 15.4. The first kappa shape index (κ1) is 36.3. The molecule has 3 atom stereocenters. The van der Waals surface area contributed by atoms with Gasteiger partial charge in [-0.3, -0.25) is 14.5 Å². The van der Waals surface area contributed by atoms with Gasteiger partial charge >= 0.3 is 0 Å². The number of rotatable bonds is 17. The fraction of sp³-hybridized carbons (Fsp3) is 0.450. The Kier molecular flexibility index (Phi) is 13.8. The first-order valence-electron chi connectivity index (χ1n) is 17.8. The lowest BCUT2D eigenvalue weighted by Gasteiger charge is -2.39. The quantitative estimate of drug-likeness (QED) is 0.0697. The molecule has 49 heavy (non-hydrogen) atoms. The Bertz CT molecular complexity index is 1490. The molecule has 0 spiro atoms. The van der Waals surface area contributed by atoms with Gasteiger partial charge in [-0.05, 0) is 54.5 Å². The molecule has 1 heterocycles. The van der Waals surface area contributed by atoms with Crippen LogP contribution in [-0.2, 0) is 32.2 Å². The number of nitrogen functional groups attached to an aromatic ring is 1. The lowest BCUT2D eigenvalue weighted by atomic mass is 9.99. The van der Waals surface area contributed by atoms with Crippen molar-refractivity contribution in [2.45, 2.75) is 102 Å². The van der Waals surface area contributed by atoms with Crippen molar-refractivity contribution in [1.29, 1.82) is 0 Å². The van der Waals surface area contributed by atoms with E-state index < -0.39 is 6.29 Å². The topological polar surface area (TPSA) is 126 Å². The molecule has 1 saturated carbocycles. The van der Waals surface area contributed by atoms with Gasteiger partial charge in [-0.15, -0.1) is 6.58 Å². The normalized spacial score (nSPS) is 19.5. The van der Waals surface area contributed by atoms with Crippen molar-refractivity contribution in [3.8, 4) is 0 Å². The van der Waals surface area contributed by atoms with E-state index in [1.165, 1.54) is 25.7 Å². The van der Waals surface area contributed by atoms with E-state index >= 15 is 0 Å². The van der Waals surface area contributed by atoms with Gasteiger partial charge in [-0.2, -0.15) is 0 Å². The van der Waals surface area contributed by atoms with Crippen molar-refractivity contribution >= 4 is 23.2 Å². The Hall–Kier alpha value is -4.02. The molecule has 1 aliphatic carbocycles. The van der Waals surface area contributed by atoms with Gasteiger partial charge in [0, 0.05) is 50.5 Å². The molecule has 9 nitrogen and oxygen atoms in total. The van der Waals surface area contributed by atoms with Gasteiger partial charge in [0.25, 0.3) is 0 Å². The zero-order valence-electron chi connectivity index (χ0n) is 28.5. The molecule has 1 aliphatic heterocycles. The lowest BCUT2D eigenvalue weighted by molar-refractivity contribution is -0.253. The van der Waals surface area contributed by atoms with Crippen molar-refractivity contribution < 1.29 is 24.2 Å². The summed E-state index contributed by atoms with van der Waals surface area (Å²) >= 11 is 0. The Morgan fingerprint density at radius 1 is 0.878 bits per heavy atom. The summed E-state index contributed by atoms with van der Waals surface area (Å²) in [5.41, 5.74) is 10.9. The molecule has 5 N–H and O–H groups in total. The van der Waals surface area contributed by atoms with Crippen LogP contribution >= 0.6 is 0 Å². The number of nitrogens with two attached hydrogens (primary N) is 1. The van der Waals surface area contributed by atoms with Crippen molar-refractivity contribution in [1.82, 2.24) is 10.2 Å². The van der Waals surface area contributed by atoms with Crippen molar-refractivity contribution in [2.75, 3.05) is 24.1 Å². The molecule has 262 valence electrons. The molecule has 3 unspecified atom stereocenters. The van der Waals surface area contributed by atoms with Gasteiger partial charge in [-0.1, -0.05) is 86.0 Å². The molecule has 2 fully saturated rings. The number of carbonyl (C=O) groups excluding carboxylic acids is 2. The van der Waals surface area contributed by atoms with Gasteiger partial charge in [0.2, 0.25) is 11.8 Å². The standard InChI is InChI=1S/C40H52N4O5/c1-2-24-44(33-10-6-7-11-33)27-34-25-37(31-20-18-30(28-45)19-21-31)49-40(48-34)32-22-16-29(17-23-32)26-42-38(46)14-4-3-5-15-39(47)43-36-13-9-8-12-35(36)41/h2,8-9,12-13,16-23,33-34,37,40,45H,1,3-7,10-11,14-15,24-28,41H2,(H,42,46)(H,43,47). The molecule has 0 radical (unpaired) electrons. The molecule has 0 aromatic heterocycles. The highest BCUT2D eigenvalue weighted by Gasteiger charge is 2.34. The van der Waals surface area contributed by atoms with Crippen molar-refractivity contribution in [3.05, 3.63) is 108 Å². The monoisotopic (exact) mass is 668 g/mol. The minimum atomic E-state index is -0.522. The number of para-hydroxylation sites is 2. The maximum atomic E-state index is 12.5. The molecule has 0 bridgehead atoms. The van der Waals surface area contributed by atoms with Crippen LogP contribution in [0, 0.1) is 0 Å². The van der Waals surface area contributed by atoms with Crippen LogP contribution < -0.4 is 16.4 Å². The second-order valence-electron chi connectivity index (χ2n) is 13.2. The fourth-order valence-corrected chi connectivity index (χ4v) is 6.76. The molecule has 9 heteroatoms. The van der Waals surface area contributed by atoms with E-state index in [-0.39, 0.29) is 30.6 Å². The SMILES string of the molecule is C=CCN(CC1CC(c2ccc(CO)cc2)OC(c2ccc(CNC(=O)CCCCCC(=O)Nc3ccccc3N)cc2)O1)C1CCCC1. The minimum Gasteiger partial charge on any atom is -0.397 e.